The molecule has 202 valence electrons. The summed E-state index contributed by atoms with van der Waals surface area (Å²) in [5.41, 5.74) is 4.50. The van der Waals surface area contributed by atoms with Crippen LogP contribution in [0.3, 0.4) is 0 Å². The summed E-state index contributed by atoms with van der Waals surface area (Å²) < 4.78 is 19.5. The van der Waals surface area contributed by atoms with Gasteiger partial charge in [0.2, 0.25) is 0 Å². The Labute approximate surface area is 231 Å². The van der Waals surface area contributed by atoms with Gasteiger partial charge >= 0.3 is 0 Å². The van der Waals surface area contributed by atoms with Gasteiger partial charge in [-0.1, -0.05) is 121 Å². The van der Waals surface area contributed by atoms with Crippen molar-refractivity contribution in [1.82, 2.24) is 4.90 Å². The lowest BCUT2D eigenvalue weighted by atomic mass is 10.1. The van der Waals surface area contributed by atoms with E-state index < -0.39 is 0 Å². The van der Waals surface area contributed by atoms with Gasteiger partial charge in [-0.25, -0.2) is 0 Å². The molecule has 1 aliphatic heterocycles. The molecule has 0 aliphatic carbocycles. The zero-order valence-electron chi connectivity index (χ0n) is 22.2. The van der Waals surface area contributed by atoms with Crippen LogP contribution in [0.15, 0.2) is 121 Å². The molecule has 5 heteroatoms. The van der Waals surface area contributed by atoms with E-state index in [9.17, 15) is 5.11 Å². The molecule has 0 aromatic heterocycles. The van der Waals surface area contributed by atoms with Crippen molar-refractivity contribution in [2.75, 3.05) is 13.2 Å². The molecule has 4 atom stereocenters. The van der Waals surface area contributed by atoms with Crippen molar-refractivity contribution in [3.05, 3.63) is 144 Å². The van der Waals surface area contributed by atoms with Crippen LogP contribution in [-0.2, 0) is 40.6 Å². The third-order valence-corrected chi connectivity index (χ3v) is 7.30. The fraction of sp³-hybridized carbons (Fsp3) is 0.294. The first-order chi connectivity index (χ1) is 19.3. The van der Waals surface area contributed by atoms with Crippen LogP contribution in [0.2, 0.25) is 0 Å². The molecule has 4 aromatic carbocycles. The molecule has 5 rings (SSSR count). The maximum Gasteiger partial charge on any atom is 0.103 e. The second-order valence-electron chi connectivity index (χ2n) is 10.00. The molecule has 39 heavy (non-hydrogen) atoms. The van der Waals surface area contributed by atoms with Crippen LogP contribution in [0.25, 0.3) is 0 Å². The van der Waals surface area contributed by atoms with Gasteiger partial charge in [-0.15, -0.1) is 0 Å². The summed E-state index contributed by atoms with van der Waals surface area (Å²) in [6.07, 6.45) is -0.612. The SMILES string of the molecule is OC[C@H]1[C@@H](OCc2ccccc2)[C@H](OCc2ccccc2)[C@H](COCc2ccccc2)N1Cc1ccccc1. The monoisotopic (exact) mass is 523 g/mol. The molecule has 0 amide bonds. The highest BCUT2D eigenvalue weighted by Gasteiger charge is 2.50. The fourth-order valence-corrected chi connectivity index (χ4v) is 5.31. The molecule has 4 aromatic rings. The summed E-state index contributed by atoms with van der Waals surface area (Å²) in [6, 6.07) is 40.6. The number of ether oxygens (including phenoxy) is 3. The molecular formula is C34H37NO4. The first kappa shape index (κ1) is 27.3. The zero-order chi connectivity index (χ0) is 26.7. The van der Waals surface area contributed by atoms with Gasteiger partial charge in [-0.2, -0.15) is 0 Å². The molecule has 0 radical (unpaired) electrons. The van der Waals surface area contributed by atoms with Crippen LogP contribution in [0, 0.1) is 0 Å². The molecule has 1 N–H and O–H groups in total. The summed E-state index contributed by atoms with van der Waals surface area (Å²) in [7, 11) is 0. The second-order valence-corrected chi connectivity index (χ2v) is 10.00. The van der Waals surface area contributed by atoms with Crippen LogP contribution < -0.4 is 0 Å². The minimum Gasteiger partial charge on any atom is -0.395 e. The number of hydrogen-bond donors (Lipinski definition) is 1. The Bertz CT molecular complexity index is 1220. The molecule has 0 spiro atoms. The van der Waals surface area contributed by atoms with Gasteiger partial charge in [0, 0.05) is 6.54 Å². The molecule has 0 bridgehead atoms. The molecule has 1 heterocycles. The number of aliphatic hydroxyl groups excluding tert-OH is 1. The second kappa shape index (κ2) is 14.2. The lowest BCUT2D eigenvalue weighted by Gasteiger charge is -2.30. The quantitative estimate of drug-likeness (QED) is 0.247. The van der Waals surface area contributed by atoms with E-state index in [0.717, 1.165) is 16.7 Å². The Morgan fingerprint density at radius 2 is 0.923 bits per heavy atom. The van der Waals surface area contributed by atoms with Gasteiger partial charge in [-0.05, 0) is 22.3 Å². The molecule has 1 fully saturated rings. The van der Waals surface area contributed by atoms with Crippen LogP contribution >= 0.6 is 0 Å². The van der Waals surface area contributed by atoms with E-state index in [1.54, 1.807) is 0 Å². The molecule has 1 saturated heterocycles. The third kappa shape index (κ3) is 7.41. The van der Waals surface area contributed by atoms with Crippen LogP contribution in [0.1, 0.15) is 22.3 Å². The Hall–Kier alpha value is -3.32. The van der Waals surface area contributed by atoms with Gasteiger partial charge in [0.15, 0.2) is 0 Å². The molecule has 0 saturated carbocycles. The number of nitrogens with zero attached hydrogens (tertiary/aromatic N) is 1. The predicted molar refractivity (Wildman–Crippen MR) is 153 cm³/mol. The highest BCUT2D eigenvalue weighted by molar-refractivity contribution is 5.18. The summed E-state index contributed by atoms with van der Waals surface area (Å²) in [5.74, 6) is 0. The molecule has 5 nitrogen and oxygen atoms in total. The average molecular weight is 524 g/mol. The van der Waals surface area contributed by atoms with E-state index in [4.69, 9.17) is 14.2 Å². The first-order valence-electron chi connectivity index (χ1n) is 13.6. The highest BCUT2D eigenvalue weighted by atomic mass is 16.5. The Morgan fingerprint density at radius 3 is 1.38 bits per heavy atom. The Morgan fingerprint density at radius 1 is 0.513 bits per heavy atom. The molecule has 1 aliphatic rings. The number of benzene rings is 4. The number of aliphatic hydroxyl groups is 1. The van der Waals surface area contributed by atoms with Crippen molar-refractivity contribution in [2.45, 2.75) is 50.7 Å². The standard InChI is InChI=1S/C34H37NO4/c36-22-31-33(38-24-29-17-9-3-10-18-29)34(39-25-30-19-11-4-12-20-30)32(26-37-23-28-15-7-2-8-16-28)35(31)21-27-13-5-1-6-14-27/h1-20,31-34,36H,21-26H2/t31-,32-,33+,34+/m0/s1. The minimum absolute atomic E-state index is 0.0350. The summed E-state index contributed by atoms with van der Waals surface area (Å²) in [4.78, 5) is 2.31. The van der Waals surface area contributed by atoms with Gasteiger partial charge in [-0.3, -0.25) is 4.90 Å². The van der Waals surface area contributed by atoms with E-state index in [-0.39, 0.29) is 30.9 Å². The number of likely N-dealkylation sites (tertiary alicyclic amines) is 1. The smallest absolute Gasteiger partial charge is 0.103 e. The summed E-state index contributed by atoms with van der Waals surface area (Å²) in [6.45, 7) is 2.52. The lowest BCUT2D eigenvalue weighted by Crippen LogP contribution is -2.43. The third-order valence-electron chi connectivity index (χ3n) is 7.30. The van der Waals surface area contributed by atoms with Gasteiger partial charge in [0.1, 0.15) is 12.2 Å². The van der Waals surface area contributed by atoms with Crippen molar-refractivity contribution in [3.63, 3.8) is 0 Å². The van der Waals surface area contributed by atoms with E-state index in [2.05, 4.69) is 53.4 Å². The van der Waals surface area contributed by atoms with Gasteiger partial charge < -0.3 is 19.3 Å². The normalized spacial score (nSPS) is 21.3. The van der Waals surface area contributed by atoms with E-state index in [1.807, 2.05) is 72.8 Å². The Balaban J connectivity index is 1.40. The number of hydrogen-bond acceptors (Lipinski definition) is 5. The largest absolute Gasteiger partial charge is 0.395 e. The average Bonchev–Trinajstić information content (AvgIpc) is 3.27. The fourth-order valence-electron chi connectivity index (χ4n) is 5.31. The van der Waals surface area contributed by atoms with Crippen LogP contribution in [0.5, 0.6) is 0 Å². The maximum absolute atomic E-state index is 10.7. The van der Waals surface area contributed by atoms with Gasteiger partial charge in [0.05, 0.1) is 45.1 Å². The van der Waals surface area contributed by atoms with Crippen molar-refractivity contribution < 1.29 is 19.3 Å². The maximum atomic E-state index is 10.7. The Kier molecular flexibility index (Phi) is 9.91. The predicted octanol–water partition coefficient (Wildman–Crippen LogP) is 5.62. The zero-order valence-corrected chi connectivity index (χ0v) is 22.2. The van der Waals surface area contributed by atoms with Crippen molar-refractivity contribution >= 4 is 0 Å². The first-order valence-corrected chi connectivity index (χ1v) is 13.6. The number of rotatable bonds is 13. The molecular weight excluding hydrogens is 486 g/mol. The summed E-state index contributed by atoms with van der Waals surface area (Å²) >= 11 is 0. The van der Waals surface area contributed by atoms with Crippen molar-refractivity contribution in [1.29, 1.82) is 0 Å². The topological polar surface area (TPSA) is 51.2 Å². The van der Waals surface area contributed by atoms with E-state index in [0.29, 0.717) is 33.0 Å². The van der Waals surface area contributed by atoms with Crippen molar-refractivity contribution in [2.24, 2.45) is 0 Å². The van der Waals surface area contributed by atoms with Crippen LogP contribution in [-0.4, -0.2) is 47.5 Å². The van der Waals surface area contributed by atoms with Gasteiger partial charge in [0.25, 0.3) is 0 Å². The van der Waals surface area contributed by atoms with E-state index >= 15 is 0 Å². The van der Waals surface area contributed by atoms with Crippen LogP contribution in [0.4, 0.5) is 0 Å². The van der Waals surface area contributed by atoms with Crippen molar-refractivity contribution in [3.8, 4) is 0 Å². The minimum atomic E-state index is -0.326. The highest BCUT2D eigenvalue weighted by Crippen LogP contribution is 2.33. The lowest BCUT2D eigenvalue weighted by molar-refractivity contribution is -0.0888. The summed E-state index contributed by atoms with van der Waals surface area (Å²) in [5, 5.41) is 10.7. The molecule has 0 unspecified atom stereocenters. The van der Waals surface area contributed by atoms with E-state index in [1.165, 1.54) is 5.56 Å².